The van der Waals surface area contributed by atoms with Crippen LogP contribution in [0.1, 0.15) is 42.1 Å². The number of imide groups is 1. The highest BCUT2D eigenvalue weighted by molar-refractivity contribution is 6.22. The average Bonchev–Trinajstić information content (AvgIpc) is 3.01. The zero-order valence-electron chi connectivity index (χ0n) is 18.2. The molecule has 1 aliphatic heterocycles. The van der Waals surface area contributed by atoms with Crippen LogP contribution in [0.5, 0.6) is 0 Å². The van der Waals surface area contributed by atoms with Gasteiger partial charge in [-0.15, -0.1) is 0 Å². The lowest BCUT2D eigenvalue weighted by atomic mass is 9.76. The molecule has 2 fully saturated rings. The van der Waals surface area contributed by atoms with Gasteiger partial charge >= 0.3 is 5.97 Å². The molecule has 1 saturated carbocycles. The van der Waals surface area contributed by atoms with Gasteiger partial charge in [0, 0.05) is 5.69 Å². The summed E-state index contributed by atoms with van der Waals surface area (Å²) in [6.07, 6.45) is 2.43. The number of carbonyl (C=O) groups is 4. The molecule has 2 aliphatic rings. The molecule has 7 nitrogen and oxygen atoms in total. The molecule has 1 heterocycles. The Balaban J connectivity index is 1.36. The highest BCUT2D eigenvalue weighted by Gasteiger charge is 2.49. The standard InChI is InChI=1S/C25H26N2O5/c1-15-4-3-5-18(12-15)26-22(28)14-32-25(31)17-7-9-19(10-8-17)27-23(29)20-11-6-16(2)13-21(20)24(27)30/h3-5,7-10,12,16,20-21H,6,11,13-14H2,1-2H3,(H,26,28)/t16-,20+,21+/m0/s1. The molecular weight excluding hydrogens is 408 g/mol. The van der Waals surface area contributed by atoms with Crippen LogP contribution in [-0.4, -0.2) is 30.3 Å². The van der Waals surface area contributed by atoms with Crippen molar-refractivity contribution in [2.24, 2.45) is 17.8 Å². The van der Waals surface area contributed by atoms with Crippen LogP contribution in [-0.2, 0) is 19.1 Å². The van der Waals surface area contributed by atoms with Crippen LogP contribution in [0, 0.1) is 24.7 Å². The summed E-state index contributed by atoms with van der Waals surface area (Å²) in [5, 5.41) is 2.68. The largest absolute Gasteiger partial charge is 0.452 e. The maximum absolute atomic E-state index is 12.8. The predicted octanol–water partition coefficient (Wildman–Crippen LogP) is 3.72. The predicted molar refractivity (Wildman–Crippen MR) is 119 cm³/mol. The summed E-state index contributed by atoms with van der Waals surface area (Å²) in [6, 6.07) is 13.4. The van der Waals surface area contributed by atoms with Gasteiger partial charge in [0.1, 0.15) is 0 Å². The van der Waals surface area contributed by atoms with E-state index in [0.29, 0.717) is 17.3 Å². The van der Waals surface area contributed by atoms with Crippen LogP contribution < -0.4 is 10.2 Å². The molecule has 1 saturated heterocycles. The first-order valence-corrected chi connectivity index (χ1v) is 10.8. The lowest BCUT2D eigenvalue weighted by molar-refractivity contribution is -0.122. The summed E-state index contributed by atoms with van der Waals surface area (Å²) in [4.78, 5) is 51.2. The Morgan fingerprint density at radius 3 is 2.47 bits per heavy atom. The normalized spacial score (nSPS) is 22.4. The van der Waals surface area contributed by atoms with Crippen molar-refractivity contribution in [2.75, 3.05) is 16.8 Å². The third-order valence-corrected chi connectivity index (χ3v) is 6.19. The van der Waals surface area contributed by atoms with E-state index in [9.17, 15) is 19.2 Å². The minimum absolute atomic E-state index is 0.157. The summed E-state index contributed by atoms with van der Waals surface area (Å²) in [5.41, 5.74) is 2.33. The number of amides is 3. The van der Waals surface area contributed by atoms with Gasteiger partial charge in [0.15, 0.2) is 6.61 Å². The van der Waals surface area contributed by atoms with Crippen LogP contribution in [0.25, 0.3) is 0 Å². The first-order valence-electron chi connectivity index (χ1n) is 10.8. The Labute approximate surface area is 186 Å². The number of hydrogen-bond donors (Lipinski definition) is 1. The van der Waals surface area contributed by atoms with Crippen molar-refractivity contribution in [1.29, 1.82) is 0 Å². The molecule has 7 heteroatoms. The molecular formula is C25H26N2O5. The maximum atomic E-state index is 12.8. The second kappa shape index (κ2) is 8.94. The topological polar surface area (TPSA) is 92.8 Å². The third kappa shape index (κ3) is 4.42. The van der Waals surface area contributed by atoms with Crippen LogP contribution in [0.15, 0.2) is 48.5 Å². The number of carbonyl (C=O) groups excluding carboxylic acids is 4. The lowest BCUT2D eigenvalue weighted by Crippen LogP contribution is -2.30. The van der Waals surface area contributed by atoms with Gasteiger partial charge in [-0.2, -0.15) is 0 Å². The number of nitrogens with zero attached hydrogens (tertiary/aromatic N) is 1. The van der Waals surface area contributed by atoms with Gasteiger partial charge in [0.25, 0.3) is 5.91 Å². The molecule has 0 aromatic heterocycles. The van der Waals surface area contributed by atoms with Gasteiger partial charge < -0.3 is 10.1 Å². The number of benzene rings is 2. The van der Waals surface area contributed by atoms with Crippen LogP contribution >= 0.6 is 0 Å². The second-order valence-electron chi connectivity index (χ2n) is 8.68. The number of aryl methyl sites for hydroxylation is 1. The fraction of sp³-hybridized carbons (Fsp3) is 0.360. The fourth-order valence-electron chi connectivity index (χ4n) is 4.53. The minimum Gasteiger partial charge on any atom is -0.452 e. The van der Waals surface area contributed by atoms with Gasteiger partial charge in [0.2, 0.25) is 11.8 Å². The van der Waals surface area contributed by atoms with E-state index in [1.807, 2.05) is 25.1 Å². The molecule has 3 amide bonds. The van der Waals surface area contributed by atoms with Crippen molar-refractivity contribution in [3.05, 3.63) is 59.7 Å². The molecule has 1 N–H and O–H groups in total. The average molecular weight is 434 g/mol. The minimum atomic E-state index is -0.655. The number of esters is 1. The van der Waals surface area contributed by atoms with Gasteiger partial charge in [-0.05, 0) is 74.1 Å². The zero-order valence-corrected chi connectivity index (χ0v) is 18.2. The summed E-state index contributed by atoms with van der Waals surface area (Å²) < 4.78 is 5.09. The smallest absolute Gasteiger partial charge is 0.338 e. The van der Waals surface area contributed by atoms with E-state index in [-0.39, 0.29) is 29.2 Å². The van der Waals surface area contributed by atoms with E-state index in [1.54, 1.807) is 18.2 Å². The Morgan fingerprint density at radius 1 is 1.03 bits per heavy atom. The first kappa shape index (κ1) is 21.7. The summed E-state index contributed by atoms with van der Waals surface area (Å²) in [6.45, 7) is 3.61. The van der Waals surface area contributed by atoms with Crippen LogP contribution in [0.4, 0.5) is 11.4 Å². The van der Waals surface area contributed by atoms with E-state index >= 15 is 0 Å². The number of rotatable bonds is 5. The number of fused-ring (bicyclic) bond motifs is 1. The Kier molecular flexibility index (Phi) is 6.08. The van der Waals surface area contributed by atoms with Crippen molar-refractivity contribution < 1.29 is 23.9 Å². The second-order valence-corrected chi connectivity index (χ2v) is 8.68. The monoisotopic (exact) mass is 434 g/mol. The third-order valence-electron chi connectivity index (χ3n) is 6.19. The summed E-state index contributed by atoms with van der Waals surface area (Å²) in [7, 11) is 0. The Morgan fingerprint density at radius 2 is 1.75 bits per heavy atom. The van der Waals surface area contributed by atoms with Gasteiger partial charge in [-0.25, -0.2) is 4.79 Å². The molecule has 0 radical (unpaired) electrons. The molecule has 32 heavy (non-hydrogen) atoms. The van der Waals surface area contributed by atoms with Crippen molar-refractivity contribution in [1.82, 2.24) is 0 Å². The molecule has 0 unspecified atom stereocenters. The van der Waals surface area contributed by atoms with E-state index in [1.165, 1.54) is 17.0 Å². The van der Waals surface area contributed by atoms with E-state index in [4.69, 9.17) is 4.74 Å². The molecule has 3 atom stereocenters. The van der Waals surface area contributed by atoms with E-state index in [2.05, 4.69) is 12.2 Å². The Bertz CT molecular complexity index is 1060. The molecule has 166 valence electrons. The SMILES string of the molecule is Cc1cccc(NC(=O)COC(=O)c2ccc(N3C(=O)[C@@H]4CC[C@H](C)C[C@H]4C3=O)cc2)c1. The van der Waals surface area contributed by atoms with Crippen molar-refractivity contribution in [2.45, 2.75) is 33.1 Å². The van der Waals surface area contributed by atoms with Gasteiger partial charge in [-0.3, -0.25) is 19.3 Å². The first-order chi connectivity index (χ1) is 15.3. The van der Waals surface area contributed by atoms with Crippen molar-refractivity contribution >= 4 is 35.1 Å². The fourth-order valence-corrected chi connectivity index (χ4v) is 4.53. The lowest BCUT2D eigenvalue weighted by Gasteiger charge is -2.25. The molecule has 0 bridgehead atoms. The molecule has 4 rings (SSSR count). The number of anilines is 2. The number of hydrogen-bond acceptors (Lipinski definition) is 5. The number of ether oxygens (including phenoxy) is 1. The maximum Gasteiger partial charge on any atom is 0.338 e. The summed E-state index contributed by atoms with van der Waals surface area (Å²) in [5.74, 6) is -1.46. The molecule has 2 aromatic rings. The number of nitrogens with one attached hydrogen (secondary N) is 1. The van der Waals surface area contributed by atoms with Crippen molar-refractivity contribution in [3.8, 4) is 0 Å². The molecule has 0 spiro atoms. The molecule has 1 aliphatic carbocycles. The Hall–Kier alpha value is -3.48. The highest BCUT2D eigenvalue weighted by Crippen LogP contribution is 2.42. The van der Waals surface area contributed by atoms with Crippen LogP contribution in [0.2, 0.25) is 0 Å². The van der Waals surface area contributed by atoms with E-state index < -0.39 is 18.5 Å². The van der Waals surface area contributed by atoms with Gasteiger partial charge in [-0.1, -0.05) is 19.1 Å². The molecule has 2 aromatic carbocycles. The zero-order chi connectivity index (χ0) is 22.8. The summed E-state index contributed by atoms with van der Waals surface area (Å²) >= 11 is 0. The quantitative estimate of drug-likeness (QED) is 0.572. The van der Waals surface area contributed by atoms with E-state index in [0.717, 1.165) is 24.8 Å². The highest BCUT2D eigenvalue weighted by atomic mass is 16.5. The van der Waals surface area contributed by atoms with Crippen LogP contribution in [0.3, 0.4) is 0 Å². The van der Waals surface area contributed by atoms with Gasteiger partial charge in [0.05, 0.1) is 23.1 Å². The van der Waals surface area contributed by atoms with Crippen molar-refractivity contribution in [3.63, 3.8) is 0 Å².